The molecule has 1 aromatic heterocycles. The molecule has 0 saturated heterocycles. The Hall–Kier alpha value is -1.78. The summed E-state index contributed by atoms with van der Waals surface area (Å²) in [4.78, 5) is 17.4. The van der Waals surface area contributed by atoms with Gasteiger partial charge >= 0.3 is 0 Å². The van der Waals surface area contributed by atoms with Gasteiger partial charge < -0.3 is 16.0 Å². The summed E-state index contributed by atoms with van der Waals surface area (Å²) in [5.41, 5.74) is 6.45. The highest BCUT2D eigenvalue weighted by Crippen LogP contribution is 2.08. The quantitative estimate of drug-likeness (QED) is 0.781. The Labute approximate surface area is 102 Å². The number of carbonyl (C=O) groups excluding carboxylic acids is 1. The van der Waals surface area contributed by atoms with Crippen LogP contribution in [0.3, 0.4) is 0 Å². The summed E-state index contributed by atoms with van der Waals surface area (Å²) in [7, 11) is 0. The van der Waals surface area contributed by atoms with Gasteiger partial charge in [-0.15, -0.1) is 0 Å². The molecule has 0 bridgehead atoms. The first-order valence-corrected chi connectivity index (χ1v) is 5.90. The number of nitrogens with zero attached hydrogens (tertiary/aromatic N) is 2. The fourth-order valence-corrected chi connectivity index (χ4v) is 1.61. The van der Waals surface area contributed by atoms with Gasteiger partial charge in [0.1, 0.15) is 5.82 Å². The molecule has 1 amide bonds. The van der Waals surface area contributed by atoms with E-state index >= 15 is 0 Å². The number of pyridine rings is 1. The molecule has 94 valence electrons. The molecule has 0 fully saturated rings. The summed E-state index contributed by atoms with van der Waals surface area (Å²) in [5.74, 6) is 0.648. The molecule has 1 heterocycles. The van der Waals surface area contributed by atoms with Crippen LogP contribution in [0.4, 0.5) is 11.5 Å². The molecule has 5 heteroatoms. The predicted octanol–water partition coefficient (Wildman–Crippen LogP) is 1.33. The van der Waals surface area contributed by atoms with Gasteiger partial charge in [0, 0.05) is 44.0 Å². The first kappa shape index (κ1) is 13.3. The predicted molar refractivity (Wildman–Crippen MR) is 69.7 cm³/mol. The van der Waals surface area contributed by atoms with E-state index in [9.17, 15) is 4.79 Å². The summed E-state index contributed by atoms with van der Waals surface area (Å²) in [5, 5.41) is 3.15. The smallest absolute Gasteiger partial charge is 0.224 e. The van der Waals surface area contributed by atoms with Gasteiger partial charge in [0.2, 0.25) is 5.91 Å². The Morgan fingerprint density at radius 3 is 2.76 bits per heavy atom. The maximum absolute atomic E-state index is 11.7. The highest BCUT2D eigenvalue weighted by Gasteiger charge is 2.08. The van der Waals surface area contributed by atoms with Crippen molar-refractivity contribution >= 4 is 17.4 Å². The first-order valence-electron chi connectivity index (χ1n) is 5.90. The Kier molecular flexibility index (Phi) is 5.26. The van der Waals surface area contributed by atoms with Gasteiger partial charge in [-0.2, -0.15) is 0 Å². The Morgan fingerprint density at radius 1 is 1.47 bits per heavy atom. The second-order valence-corrected chi connectivity index (χ2v) is 3.71. The van der Waals surface area contributed by atoms with Crippen molar-refractivity contribution in [1.29, 1.82) is 0 Å². The average Bonchev–Trinajstić information content (AvgIpc) is 2.30. The average molecular weight is 236 g/mol. The van der Waals surface area contributed by atoms with Crippen molar-refractivity contribution in [3.8, 4) is 0 Å². The topological polar surface area (TPSA) is 71.2 Å². The van der Waals surface area contributed by atoms with Crippen LogP contribution in [-0.2, 0) is 4.79 Å². The van der Waals surface area contributed by atoms with E-state index in [1.807, 2.05) is 24.8 Å². The van der Waals surface area contributed by atoms with Crippen molar-refractivity contribution in [1.82, 2.24) is 9.88 Å². The van der Waals surface area contributed by atoms with Crippen LogP contribution in [0.5, 0.6) is 0 Å². The number of nitrogen functional groups attached to an aromatic ring is 1. The molecule has 1 aromatic rings. The minimum absolute atomic E-state index is 0.171. The van der Waals surface area contributed by atoms with Crippen molar-refractivity contribution in [3.63, 3.8) is 0 Å². The molecule has 0 unspecified atom stereocenters. The lowest BCUT2D eigenvalue weighted by atomic mass is 10.3. The molecule has 0 aliphatic heterocycles. The Morgan fingerprint density at radius 2 is 2.18 bits per heavy atom. The summed E-state index contributed by atoms with van der Waals surface area (Å²) in [6.07, 6.45) is 2.13. The zero-order valence-corrected chi connectivity index (χ0v) is 10.4. The number of carbonyl (C=O) groups is 1. The van der Waals surface area contributed by atoms with E-state index in [0.717, 1.165) is 18.8 Å². The Bertz CT molecular complexity index is 363. The van der Waals surface area contributed by atoms with Crippen molar-refractivity contribution in [2.75, 3.05) is 30.7 Å². The number of amides is 1. The fraction of sp³-hybridized carbons (Fsp3) is 0.500. The molecule has 0 aliphatic rings. The largest absolute Gasteiger partial charge is 0.384 e. The summed E-state index contributed by atoms with van der Waals surface area (Å²) < 4.78 is 0. The highest BCUT2D eigenvalue weighted by atomic mass is 16.2. The molecular weight excluding hydrogens is 216 g/mol. The van der Waals surface area contributed by atoms with Gasteiger partial charge in [-0.3, -0.25) is 4.79 Å². The van der Waals surface area contributed by atoms with Crippen LogP contribution in [0.1, 0.15) is 20.3 Å². The van der Waals surface area contributed by atoms with E-state index in [-0.39, 0.29) is 5.91 Å². The number of nitrogens with two attached hydrogens (primary N) is 1. The maximum Gasteiger partial charge on any atom is 0.224 e. The minimum Gasteiger partial charge on any atom is -0.384 e. The number of aromatic nitrogens is 1. The van der Waals surface area contributed by atoms with Gasteiger partial charge in [-0.05, 0) is 19.9 Å². The number of nitrogens with one attached hydrogen (secondary N) is 1. The molecule has 17 heavy (non-hydrogen) atoms. The van der Waals surface area contributed by atoms with Crippen LogP contribution in [-0.4, -0.2) is 35.4 Å². The van der Waals surface area contributed by atoms with Crippen LogP contribution >= 0.6 is 0 Å². The third-order valence-electron chi connectivity index (χ3n) is 2.57. The van der Waals surface area contributed by atoms with E-state index < -0.39 is 0 Å². The molecule has 0 aromatic carbocycles. The van der Waals surface area contributed by atoms with E-state index in [1.165, 1.54) is 0 Å². The van der Waals surface area contributed by atoms with Crippen molar-refractivity contribution in [3.05, 3.63) is 18.3 Å². The summed E-state index contributed by atoms with van der Waals surface area (Å²) in [6.45, 7) is 6.10. The number of hydrogen-bond donors (Lipinski definition) is 2. The third-order valence-corrected chi connectivity index (χ3v) is 2.57. The van der Waals surface area contributed by atoms with Gasteiger partial charge in [0.05, 0.1) is 0 Å². The van der Waals surface area contributed by atoms with E-state index in [0.29, 0.717) is 18.8 Å². The molecule has 0 atom stereocenters. The zero-order chi connectivity index (χ0) is 12.7. The lowest BCUT2D eigenvalue weighted by Gasteiger charge is -2.18. The van der Waals surface area contributed by atoms with Crippen LogP contribution < -0.4 is 11.1 Å². The van der Waals surface area contributed by atoms with E-state index in [2.05, 4.69) is 10.3 Å². The molecule has 3 N–H and O–H groups in total. The fourth-order valence-electron chi connectivity index (χ4n) is 1.61. The monoisotopic (exact) mass is 236 g/mol. The second-order valence-electron chi connectivity index (χ2n) is 3.71. The SMILES string of the molecule is CCN(CC)C(=O)CCNc1ccnc(N)c1. The van der Waals surface area contributed by atoms with Crippen LogP contribution in [0.2, 0.25) is 0 Å². The van der Waals surface area contributed by atoms with Crippen LogP contribution in [0.15, 0.2) is 18.3 Å². The molecule has 5 nitrogen and oxygen atoms in total. The van der Waals surface area contributed by atoms with E-state index in [1.54, 1.807) is 12.3 Å². The molecule has 1 rings (SSSR count). The third kappa shape index (κ3) is 4.30. The second kappa shape index (κ2) is 6.73. The van der Waals surface area contributed by atoms with Crippen molar-refractivity contribution in [2.45, 2.75) is 20.3 Å². The molecule has 0 saturated carbocycles. The van der Waals surface area contributed by atoms with Crippen molar-refractivity contribution in [2.24, 2.45) is 0 Å². The Balaban J connectivity index is 2.35. The van der Waals surface area contributed by atoms with Crippen LogP contribution in [0, 0.1) is 0 Å². The van der Waals surface area contributed by atoms with Gasteiger partial charge in [-0.25, -0.2) is 4.98 Å². The van der Waals surface area contributed by atoms with Gasteiger partial charge in [0.25, 0.3) is 0 Å². The van der Waals surface area contributed by atoms with Gasteiger partial charge in [0.15, 0.2) is 0 Å². The zero-order valence-electron chi connectivity index (χ0n) is 10.4. The lowest BCUT2D eigenvalue weighted by Crippen LogP contribution is -2.31. The first-order chi connectivity index (χ1) is 8.17. The maximum atomic E-state index is 11.7. The van der Waals surface area contributed by atoms with Crippen molar-refractivity contribution < 1.29 is 4.79 Å². The molecule has 0 aliphatic carbocycles. The van der Waals surface area contributed by atoms with Crippen LogP contribution in [0.25, 0.3) is 0 Å². The number of rotatable bonds is 6. The number of hydrogen-bond acceptors (Lipinski definition) is 4. The number of anilines is 2. The van der Waals surface area contributed by atoms with E-state index in [4.69, 9.17) is 5.73 Å². The van der Waals surface area contributed by atoms with Gasteiger partial charge in [-0.1, -0.05) is 0 Å². The molecule has 0 radical (unpaired) electrons. The summed E-state index contributed by atoms with van der Waals surface area (Å²) >= 11 is 0. The minimum atomic E-state index is 0.171. The normalized spacial score (nSPS) is 10.0. The standard InChI is InChI=1S/C12H20N4O/c1-3-16(4-2)12(17)6-8-14-10-5-7-15-11(13)9-10/h5,7,9H,3-4,6,8H2,1-2H3,(H3,13,14,15). The highest BCUT2D eigenvalue weighted by molar-refractivity contribution is 5.76. The summed E-state index contributed by atoms with van der Waals surface area (Å²) in [6, 6.07) is 3.58. The lowest BCUT2D eigenvalue weighted by molar-refractivity contribution is -0.130. The molecule has 0 spiro atoms. The molecular formula is C12H20N4O.